The summed E-state index contributed by atoms with van der Waals surface area (Å²) in [6.45, 7) is 1.97. The molecule has 0 bridgehead atoms. The molecule has 19 heavy (non-hydrogen) atoms. The maximum atomic E-state index is 12.2. The van der Waals surface area contributed by atoms with Crippen LogP contribution in [0, 0.1) is 6.92 Å². The molecule has 1 aromatic rings. The summed E-state index contributed by atoms with van der Waals surface area (Å²) in [4.78, 5) is 12.2. The molecule has 1 amide bonds. The highest BCUT2D eigenvalue weighted by Crippen LogP contribution is 2.30. The van der Waals surface area contributed by atoms with Crippen LogP contribution < -0.4 is 10.1 Å². The van der Waals surface area contributed by atoms with Crippen LogP contribution in [-0.2, 0) is 4.79 Å². The van der Waals surface area contributed by atoms with E-state index in [1.807, 2.05) is 25.1 Å². The Morgan fingerprint density at radius 3 is 2.74 bits per heavy atom. The van der Waals surface area contributed by atoms with Gasteiger partial charge in [0.25, 0.3) is 5.91 Å². The molecule has 0 aromatic heterocycles. The van der Waals surface area contributed by atoms with Gasteiger partial charge in [-0.25, -0.2) is 0 Å². The van der Waals surface area contributed by atoms with Gasteiger partial charge in [-0.05, 0) is 50.3 Å². The third kappa shape index (κ3) is 3.29. The molecule has 4 heteroatoms. The Hall–Kier alpha value is -1.48. The number of ether oxygens (including phenoxy) is 1. The average Bonchev–Trinajstić information content (AvgIpc) is 2.39. The zero-order valence-corrected chi connectivity index (χ0v) is 12.0. The zero-order chi connectivity index (χ0) is 13.8. The Morgan fingerprint density at radius 1 is 1.32 bits per heavy atom. The van der Waals surface area contributed by atoms with Crippen LogP contribution in [0.25, 0.3) is 0 Å². The molecule has 0 saturated carbocycles. The van der Waals surface area contributed by atoms with Crippen LogP contribution in [0.1, 0.15) is 31.2 Å². The van der Waals surface area contributed by atoms with Gasteiger partial charge in [0.2, 0.25) is 0 Å². The van der Waals surface area contributed by atoms with Crippen molar-refractivity contribution in [1.82, 2.24) is 0 Å². The SMILES string of the molecule is COc1ccc(C)cc1NC(=O)C1=C(Cl)CCCC1. The van der Waals surface area contributed by atoms with Crippen molar-refractivity contribution in [3.8, 4) is 5.75 Å². The third-order valence-corrected chi connectivity index (χ3v) is 3.69. The van der Waals surface area contributed by atoms with E-state index in [0.717, 1.165) is 31.2 Å². The lowest BCUT2D eigenvalue weighted by molar-refractivity contribution is -0.113. The minimum atomic E-state index is -0.117. The predicted molar refractivity (Wildman–Crippen MR) is 77.7 cm³/mol. The van der Waals surface area contributed by atoms with Crippen LogP contribution in [0.2, 0.25) is 0 Å². The van der Waals surface area contributed by atoms with Crippen LogP contribution in [0.4, 0.5) is 5.69 Å². The van der Waals surface area contributed by atoms with Crippen LogP contribution in [0.15, 0.2) is 28.8 Å². The van der Waals surface area contributed by atoms with Gasteiger partial charge in [-0.15, -0.1) is 0 Å². The van der Waals surface area contributed by atoms with Crippen molar-refractivity contribution >= 4 is 23.2 Å². The number of carbonyl (C=O) groups excluding carboxylic acids is 1. The molecular weight excluding hydrogens is 262 g/mol. The number of carbonyl (C=O) groups is 1. The number of hydrogen-bond donors (Lipinski definition) is 1. The lowest BCUT2D eigenvalue weighted by Gasteiger charge is -2.17. The smallest absolute Gasteiger partial charge is 0.252 e. The summed E-state index contributed by atoms with van der Waals surface area (Å²) in [6.07, 6.45) is 3.63. The van der Waals surface area contributed by atoms with Crippen LogP contribution in [0.3, 0.4) is 0 Å². The first-order valence-corrected chi connectivity index (χ1v) is 6.83. The van der Waals surface area contributed by atoms with E-state index in [1.165, 1.54) is 0 Å². The van der Waals surface area contributed by atoms with Crippen molar-refractivity contribution < 1.29 is 9.53 Å². The lowest BCUT2D eigenvalue weighted by Crippen LogP contribution is -2.17. The molecular formula is C15H18ClNO2. The minimum absolute atomic E-state index is 0.117. The van der Waals surface area contributed by atoms with Gasteiger partial charge < -0.3 is 10.1 Å². The van der Waals surface area contributed by atoms with E-state index in [1.54, 1.807) is 7.11 Å². The molecule has 1 N–H and O–H groups in total. The fourth-order valence-electron chi connectivity index (χ4n) is 2.22. The number of rotatable bonds is 3. The van der Waals surface area contributed by atoms with E-state index in [0.29, 0.717) is 22.0 Å². The summed E-state index contributed by atoms with van der Waals surface area (Å²) in [6, 6.07) is 5.69. The summed E-state index contributed by atoms with van der Waals surface area (Å²) >= 11 is 6.14. The van der Waals surface area contributed by atoms with Gasteiger partial charge in [0, 0.05) is 10.6 Å². The molecule has 0 unspecified atom stereocenters. The molecule has 3 nitrogen and oxygen atoms in total. The molecule has 0 spiro atoms. The number of hydrogen-bond acceptors (Lipinski definition) is 2. The Bertz CT molecular complexity index is 523. The average molecular weight is 280 g/mol. The summed E-state index contributed by atoms with van der Waals surface area (Å²) < 4.78 is 5.25. The first kappa shape index (κ1) is 13.9. The van der Waals surface area contributed by atoms with Crippen molar-refractivity contribution in [1.29, 1.82) is 0 Å². The van der Waals surface area contributed by atoms with Gasteiger partial charge in [-0.2, -0.15) is 0 Å². The van der Waals surface area contributed by atoms with Gasteiger partial charge in [0.15, 0.2) is 0 Å². The fraction of sp³-hybridized carbons (Fsp3) is 0.400. The van der Waals surface area contributed by atoms with E-state index >= 15 is 0 Å². The van der Waals surface area contributed by atoms with Gasteiger partial charge >= 0.3 is 0 Å². The van der Waals surface area contributed by atoms with E-state index < -0.39 is 0 Å². The summed E-state index contributed by atoms with van der Waals surface area (Å²) in [7, 11) is 1.59. The number of nitrogens with one attached hydrogen (secondary N) is 1. The van der Waals surface area contributed by atoms with Gasteiger partial charge in [-0.1, -0.05) is 17.7 Å². The molecule has 0 fully saturated rings. The van der Waals surface area contributed by atoms with Crippen molar-refractivity contribution in [2.24, 2.45) is 0 Å². The predicted octanol–water partition coefficient (Wildman–Crippen LogP) is 4.01. The van der Waals surface area contributed by atoms with E-state index in [4.69, 9.17) is 16.3 Å². The van der Waals surface area contributed by atoms with Crippen LogP contribution >= 0.6 is 11.6 Å². The molecule has 0 radical (unpaired) electrons. The topological polar surface area (TPSA) is 38.3 Å². The third-order valence-electron chi connectivity index (χ3n) is 3.28. The first-order valence-electron chi connectivity index (χ1n) is 6.45. The Labute approximate surface area is 118 Å². The van der Waals surface area contributed by atoms with Gasteiger partial charge in [0.1, 0.15) is 5.75 Å². The Balaban J connectivity index is 2.21. The van der Waals surface area contributed by atoms with E-state index in [9.17, 15) is 4.79 Å². The molecule has 0 saturated heterocycles. The highest BCUT2D eigenvalue weighted by molar-refractivity contribution is 6.32. The van der Waals surface area contributed by atoms with Crippen molar-refractivity contribution in [3.63, 3.8) is 0 Å². The van der Waals surface area contributed by atoms with Crippen LogP contribution in [0.5, 0.6) is 5.75 Å². The maximum Gasteiger partial charge on any atom is 0.252 e. The number of aryl methyl sites for hydroxylation is 1. The van der Waals surface area contributed by atoms with Crippen molar-refractivity contribution in [2.45, 2.75) is 32.6 Å². The fourth-order valence-corrected chi connectivity index (χ4v) is 2.54. The van der Waals surface area contributed by atoms with Crippen molar-refractivity contribution in [3.05, 3.63) is 34.4 Å². The van der Waals surface area contributed by atoms with Gasteiger partial charge in [-0.3, -0.25) is 4.79 Å². The first-order chi connectivity index (χ1) is 9.11. The standard InChI is InChI=1S/C15H18ClNO2/c1-10-7-8-14(19-2)13(9-10)17-15(18)11-5-3-4-6-12(11)16/h7-9H,3-6H2,1-2H3,(H,17,18). The number of anilines is 1. The van der Waals surface area contributed by atoms with E-state index in [-0.39, 0.29) is 5.91 Å². The molecule has 0 atom stereocenters. The molecule has 102 valence electrons. The number of halogens is 1. The minimum Gasteiger partial charge on any atom is -0.495 e. The van der Waals surface area contributed by atoms with E-state index in [2.05, 4.69) is 5.32 Å². The highest BCUT2D eigenvalue weighted by Gasteiger charge is 2.19. The number of amides is 1. The Kier molecular flexibility index (Phi) is 4.48. The summed E-state index contributed by atoms with van der Waals surface area (Å²) in [5.41, 5.74) is 2.46. The highest BCUT2D eigenvalue weighted by atomic mass is 35.5. The summed E-state index contributed by atoms with van der Waals surface area (Å²) in [5, 5.41) is 3.59. The molecule has 0 aliphatic heterocycles. The second-order valence-electron chi connectivity index (χ2n) is 4.75. The van der Waals surface area contributed by atoms with Crippen molar-refractivity contribution in [2.75, 3.05) is 12.4 Å². The van der Waals surface area contributed by atoms with Gasteiger partial charge in [0.05, 0.1) is 12.8 Å². The zero-order valence-electron chi connectivity index (χ0n) is 11.3. The number of allylic oxidation sites excluding steroid dienone is 1. The lowest BCUT2D eigenvalue weighted by atomic mass is 9.98. The maximum absolute atomic E-state index is 12.2. The number of benzene rings is 1. The molecule has 1 aromatic carbocycles. The second kappa shape index (κ2) is 6.11. The second-order valence-corrected chi connectivity index (χ2v) is 5.20. The largest absolute Gasteiger partial charge is 0.495 e. The monoisotopic (exact) mass is 279 g/mol. The Morgan fingerprint density at radius 2 is 2.05 bits per heavy atom. The quantitative estimate of drug-likeness (QED) is 0.908. The normalized spacial score (nSPS) is 15.3. The number of methoxy groups -OCH3 is 1. The summed E-state index contributed by atoms with van der Waals surface area (Å²) in [5.74, 6) is 0.542. The molecule has 0 heterocycles. The van der Waals surface area contributed by atoms with Crippen LogP contribution in [-0.4, -0.2) is 13.0 Å². The molecule has 1 aliphatic rings. The molecule has 2 rings (SSSR count). The molecule has 1 aliphatic carbocycles.